The van der Waals surface area contributed by atoms with E-state index in [4.69, 9.17) is 4.42 Å². The molecule has 0 bridgehead atoms. The number of nitrogens with one attached hydrogen (secondary N) is 1. The average Bonchev–Trinajstić information content (AvgIpc) is 2.92. The summed E-state index contributed by atoms with van der Waals surface area (Å²) in [6.45, 7) is 7.28. The molecule has 0 aliphatic carbocycles. The molecule has 1 N–H and O–H groups in total. The van der Waals surface area contributed by atoms with E-state index >= 15 is 0 Å². The molecular formula is C19H21NO. The number of hydrogen-bond acceptors (Lipinski definition) is 2. The highest BCUT2D eigenvalue weighted by Gasteiger charge is 2.10. The predicted octanol–water partition coefficient (Wildman–Crippen LogP) is 4.90. The van der Waals surface area contributed by atoms with Crippen LogP contribution in [0.3, 0.4) is 0 Å². The Morgan fingerprint density at radius 1 is 1.00 bits per heavy atom. The van der Waals surface area contributed by atoms with Crippen LogP contribution in [-0.4, -0.2) is 0 Å². The van der Waals surface area contributed by atoms with Gasteiger partial charge in [0.2, 0.25) is 0 Å². The van der Waals surface area contributed by atoms with Crippen LogP contribution in [0.2, 0.25) is 0 Å². The lowest BCUT2D eigenvalue weighted by Gasteiger charge is -2.12. The summed E-state index contributed by atoms with van der Waals surface area (Å²) in [5.74, 6) is 0.986. The lowest BCUT2D eigenvalue weighted by atomic mass is 10.1. The second-order valence-electron chi connectivity index (χ2n) is 5.71. The summed E-state index contributed by atoms with van der Waals surface area (Å²) in [5, 5.41) is 4.69. The number of fused-ring (bicyclic) bond motifs is 1. The lowest BCUT2D eigenvalue weighted by molar-refractivity contribution is 0.451. The van der Waals surface area contributed by atoms with Crippen molar-refractivity contribution >= 4 is 11.0 Å². The van der Waals surface area contributed by atoms with Crippen molar-refractivity contribution in [1.29, 1.82) is 0 Å². The molecule has 0 amide bonds. The molecule has 2 nitrogen and oxygen atoms in total. The normalized spacial score (nSPS) is 12.7. The van der Waals surface area contributed by atoms with Gasteiger partial charge in [0.05, 0.1) is 6.04 Å². The summed E-state index contributed by atoms with van der Waals surface area (Å²) in [6, 6.07) is 17.0. The molecule has 0 saturated heterocycles. The van der Waals surface area contributed by atoms with Crippen molar-refractivity contribution in [2.24, 2.45) is 0 Å². The molecule has 1 unspecified atom stereocenters. The molecule has 21 heavy (non-hydrogen) atoms. The van der Waals surface area contributed by atoms with Gasteiger partial charge in [0, 0.05) is 11.9 Å². The fraction of sp³-hybridized carbons (Fsp3) is 0.263. The quantitative estimate of drug-likeness (QED) is 0.734. The molecule has 1 atom stereocenters. The van der Waals surface area contributed by atoms with Crippen molar-refractivity contribution in [1.82, 2.24) is 5.32 Å². The van der Waals surface area contributed by atoms with Gasteiger partial charge in [-0.05, 0) is 49.6 Å². The minimum absolute atomic E-state index is 0.194. The predicted molar refractivity (Wildman–Crippen MR) is 87.4 cm³/mol. The summed E-state index contributed by atoms with van der Waals surface area (Å²) in [7, 11) is 0. The molecule has 3 aromatic rings. The van der Waals surface area contributed by atoms with Crippen molar-refractivity contribution < 1.29 is 4.42 Å². The summed E-state index contributed by atoms with van der Waals surface area (Å²) in [5.41, 5.74) is 4.93. The second kappa shape index (κ2) is 5.74. The molecule has 1 heterocycles. The summed E-state index contributed by atoms with van der Waals surface area (Å²) in [6.07, 6.45) is 0. The number of para-hydroxylation sites is 1. The van der Waals surface area contributed by atoms with Gasteiger partial charge in [-0.1, -0.05) is 36.4 Å². The number of rotatable bonds is 4. The van der Waals surface area contributed by atoms with E-state index in [1.54, 1.807) is 0 Å². The highest BCUT2D eigenvalue weighted by atomic mass is 16.3. The van der Waals surface area contributed by atoms with Gasteiger partial charge in [0.1, 0.15) is 11.3 Å². The molecule has 2 aromatic carbocycles. The third-order valence-corrected chi connectivity index (χ3v) is 4.06. The number of aryl methyl sites for hydroxylation is 2. The Bertz CT molecular complexity index is 724. The number of benzene rings is 2. The van der Waals surface area contributed by atoms with Crippen molar-refractivity contribution in [3.05, 3.63) is 71.0 Å². The first-order chi connectivity index (χ1) is 10.1. The Balaban J connectivity index is 1.70. The fourth-order valence-electron chi connectivity index (χ4n) is 2.50. The van der Waals surface area contributed by atoms with E-state index in [9.17, 15) is 0 Å². The van der Waals surface area contributed by atoms with Crippen LogP contribution >= 0.6 is 0 Å². The highest BCUT2D eigenvalue weighted by molar-refractivity contribution is 5.77. The molecule has 0 fully saturated rings. The van der Waals surface area contributed by atoms with Gasteiger partial charge in [-0.25, -0.2) is 0 Å². The summed E-state index contributed by atoms with van der Waals surface area (Å²) < 4.78 is 5.90. The van der Waals surface area contributed by atoms with Crippen LogP contribution in [0.25, 0.3) is 11.0 Å². The van der Waals surface area contributed by atoms with Crippen molar-refractivity contribution in [3.63, 3.8) is 0 Å². The smallest absolute Gasteiger partial charge is 0.134 e. The van der Waals surface area contributed by atoms with Crippen LogP contribution in [-0.2, 0) is 6.54 Å². The second-order valence-corrected chi connectivity index (χ2v) is 5.71. The Hall–Kier alpha value is -2.06. The average molecular weight is 279 g/mol. The topological polar surface area (TPSA) is 25.2 Å². The first-order valence-corrected chi connectivity index (χ1v) is 7.41. The van der Waals surface area contributed by atoms with Crippen LogP contribution in [0.1, 0.15) is 35.4 Å². The third-order valence-electron chi connectivity index (χ3n) is 4.06. The number of furan rings is 1. The first kappa shape index (κ1) is 13.9. The summed E-state index contributed by atoms with van der Waals surface area (Å²) in [4.78, 5) is 0. The van der Waals surface area contributed by atoms with Crippen molar-refractivity contribution in [2.75, 3.05) is 0 Å². The maximum atomic E-state index is 5.90. The van der Waals surface area contributed by atoms with E-state index in [1.807, 2.05) is 18.2 Å². The Morgan fingerprint density at radius 3 is 2.57 bits per heavy atom. The highest BCUT2D eigenvalue weighted by Crippen LogP contribution is 2.23. The van der Waals surface area contributed by atoms with Crippen molar-refractivity contribution in [3.8, 4) is 0 Å². The van der Waals surface area contributed by atoms with E-state index in [0.29, 0.717) is 0 Å². The molecule has 2 heteroatoms. The summed E-state index contributed by atoms with van der Waals surface area (Å²) >= 11 is 0. The van der Waals surface area contributed by atoms with Gasteiger partial charge in [-0.3, -0.25) is 0 Å². The molecule has 0 radical (unpaired) electrons. The van der Waals surface area contributed by atoms with E-state index in [0.717, 1.165) is 23.3 Å². The first-order valence-electron chi connectivity index (χ1n) is 7.41. The monoisotopic (exact) mass is 279 g/mol. The third kappa shape index (κ3) is 3.01. The van der Waals surface area contributed by atoms with Crippen LogP contribution in [0.5, 0.6) is 0 Å². The SMILES string of the molecule is Cc1ccc(CNC(C)c2cc3ccccc3o2)cc1C. The Labute approximate surface area is 125 Å². The van der Waals surface area contributed by atoms with E-state index in [2.05, 4.69) is 56.4 Å². The maximum absolute atomic E-state index is 5.90. The molecule has 0 saturated carbocycles. The Kier molecular flexibility index (Phi) is 3.80. The van der Waals surface area contributed by atoms with Gasteiger partial charge in [-0.15, -0.1) is 0 Å². The van der Waals surface area contributed by atoms with Gasteiger partial charge < -0.3 is 9.73 Å². The van der Waals surface area contributed by atoms with Crippen LogP contribution in [0.4, 0.5) is 0 Å². The van der Waals surface area contributed by atoms with E-state index in [-0.39, 0.29) is 6.04 Å². The molecule has 1 aromatic heterocycles. The van der Waals surface area contributed by atoms with E-state index < -0.39 is 0 Å². The fourth-order valence-corrected chi connectivity index (χ4v) is 2.50. The zero-order chi connectivity index (χ0) is 14.8. The Morgan fingerprint density at radius 2 is 1.81 bits per heavy atom. The maximum Gasteiger partial charge on any atom is 0.134 e. The number of hydrogen-bond donors (Lipinski definition) is 1. The van der Waals surface area contributed by atoms with Crippen LogP contribution < -0.4 is 5.32 Å². The van der Waals surface area contributed by atoms with Crippen LogP contribution in [0, 0.1) is 13.8 Å². The van der Waals surface area contributed by atoms with Gasteiger partial charge >= 0.3 is 0 Å². The molecule has 0 aliphatic rings. The van der Waals surface area contributed by atoms with Crippen LogP contribution in [0.15, 0.2) is 52.9 Å². The largest absolute Gasteiger partial charge is 0.459 e. The van der Waals surface area contributed by atoms with Gasteiger partial charge in [-0.2, -0.15) is 0 Å². The zero-order valence-corrected chi connectivity index (χ0v) is 12.8. The minimum atomic E-state index is 0.194. The molecule has 108 valence electrons. The molecule has 3 rings (SSSR count). The molecular weight excluding hydrogens is 258 g/mol. The minimum Gasteiger partial charge on any atom is -0.459 e. The standard InChI is InChI=1S/C19H21NO/c1-13-8-9-16(10-14(13)2)12-20-15(3)19-11-17-6-4-5-7-18(17)21-19/h4-11,15,20H,12H2,1-3H3. The molecule has 0 spiro atoms. The molecule has 0 aliphatic heterocycles. The zero-order valence-electron chi connectivity index (χ0n) is 12.8. The van der Waals surface area contributed by atoms with Crippen molar-refractivity contribution in [2.45, 2.75) is 33.4 Å². The van der Waals surface area contributed by atoms with E-state index in [1.165, 1.54) is 16.7 Å². The lowest BCUT2D eigenvalue weighted by Crippen LogP contribution is -2.17. The van der Waals surface area contributed by atoms with Gasteiger partial charge in [0.15, 0.2) is 0 Å². The van der Waals surface area contributed by atoms with Gasteiger partial charge in [0.25, 0.3) is 0 Å².